The number of nitrogens with one attached hydrogen (secondary N) is 1. The Morgan fingerprint density at radius 1 is 1.38 bits per heavy atom. The number of thiophene rings is 1. The first-order valence-electron chi connectivity index (χ1n) is 7.82. The van der Waals surface area contributed by atoms with E-state index in [4.69, 9.17) is 0 Å². The van der Waals surface area contributed by atoms with Crippen molar-refractivity contribution >= 4 is 39.2 Å². The average molecular weight is 389 g/mol. The molecule has 0 saturated carbocycles. The second-order valence-electron chi connectivity index (χ2n) is 5.39. The first kappa shape index (κ1) is 18.3. The molecule has 134 valence electrons. The van der Waals surface area contributed by atoms with E-state index >= 15 is 0 Å². The van der Waals surface area contributed by atoms with E-state index in [1.165, 1.54) is 33.7 Å². The molecule has 0 aliphatic rings. The number of fused-ring (bicyclic) bond motifs is 1. The van der Waals surface area contributed by atoms with Crippen LogP contribution in [0.1, 0.15) is 5.56 Å². The highest BCUT2D eigenvalue weighted by Gasteiger charge is 2.13. The van der Waals surface area contributed by atoms with Gasteiger partial charge in [-0.25, -0.2) is 9.37 Å². The fraction of sp³-hybridized carbons (Fsp3) is 0.167. The van der Waals surface area contributed by atoms with Gasteiger partial charge in [0.05, 0.1) is 11.3 Å². The number of halogens is 1. The van der Waals surface area contributed by atoms with Crippen molar-refractivity contribution in [2.75, 3.05) is 5.75 Å². The molecule has 3 rings (SSSR count). The monoisotopic (exact) mass is 389 g/mol. The molecule has 5 nitrogen and oxygen atoms in total. The van der Waals surface area contributed by atoms with Gasteiger partial charge in [0.25, 0.3) is 5.56 Å². The second kappa shape index (κ2) is 8.29. The fourth-order valence-electron chi connectivity index (χ4n) is 2.34. The van der Waals surface area contributed by atoms with Crippen molar-refractivity contribution in [2.45, 2.75) is 18.2 Å². The van der Waals surface area contributed by atoms with Crippen LogP contribution in [0.4, 0.5) is 4.39 Å². The lowest BCUT2D eigenvalue weighted by Gasteiger charge is -2.10. The highest BCUT2D eigenvalue weighted by atomic mass is 32.2. The first-order valence-corrected chi connectivity index (χ1v) is 9.68. The van der Waals surface area contributed by atoms with Crippen LogP contribution in [0.2, 0.25) is 0 Å². The number of nitrogens with zero attached hydrogens (tertiary/aromatic N) is 2. The molecule has 0 spiro atoms. The number of thioether (sulfide) groups is 1. The Hall–Kier alpha value is -2.45. The van der Waals surface area contributed by atoms with Crippen molar-refractivity contribution in [1.29, 1.82) is 0 Å². The summed E-state index contributed by atoms with van der Waals surface area (Å²) in [5.74, 6) is -0.541. The minimum Gasteiger partial charge on any atom is -0.351 e. The summed E-state index contributed by atoms with van der Waals surface area (Å²) in [5, 5.41) is 4.95. The summed E-state index contributed by atoms with van der Waals surface area (Å²) in [5.41, 5.74) is 0.904. The quantitative estimate of drug-likeness (QED) is 0.383. The number of carbonyl (C=O) groups excluding carboxylic acids is 1. The minimum absolute atomic E-state index is 0.0771. The van der Waals surface area contributed by atoms with E-state index in [1.54, 1.807) is 30.3 Å². The maximum atomic E-state index is 13.6. The lowest BCUT2D eigenvalue weighted by atomic mass is 10.2. The molecule has 8 heteroatoms. The molecule has 0 saturated heterocycles. The average Bonchev–Trinajstić information content (AvgIpc) is 3.11. The molecule has 3 aromatic rings. The van der Waals surface area contributed by atoms with Gasteiger partial charge in [-0.05, 0) is 17.5 Å². The third-order valence-corrected chi connectivity index (χ3v) is 5.48. The Morgan fingerprint density at radius 2 is 2.19 bits per heavy atom. The normalized spacial score (nSPS) is 10.8. The Bertz CT molecular complexity index is 1010. The van der Waals surface area contributed by atoms with Gasteiger partial charge in [-0.2, -0.15) is 0 Å². The van der Waals surface area contributed by atoms with Crippen LogP contribution in [0, 0.1) is 5.82 Å². The van der Waals surface area contributed by atoms with Crippen molar-refractivity contribution in [2.24, 2.45) is 0 Å². The molecule has 1 aromatic carbocycles. The maximum Gasteiger partial charge on any atom is 0.272 e. The predicted octanol–water partition coefficient (Wildman–Crippen LogP) is 3.19. The van der Waals surface area contributed by atoms with E-state index < -0.39 is 0 Å². The molecule has 0 bridgehead atoms. The summed E-state index contributed by atoms with van der Waals surface area (Å²) in [6.07, 6.45) is 1.62. The van der Waals surface area contributed by atoms with E-state index in [0.29, 0.717) is 27.5 Å². The molecule has 0 radical (unpaired) electrons. The number of hydrogen-bond donors (Lipinski definition) is 1. The van der Waals surface area contributed by atoms with Crippen LogP contribution in [0.5, 0.6) is 0 Å². The topological polar surface area (TPSA) is 64.0 Å². The number of aromatic nitrogens is 2. The zero-order valence-electron chi connectivity index (χ0n) is 13.8. The Labute approximate surface area is 157 Å². The third kappa shape index (κ3) is 4.03. The number of amides is 1. The van der Waals surface area contributed by atoms with Crippen LogP contribution in [0.3, 0.4) is 0 Å². The van der Waals surface area contributed by atoms with Gasteiger partial charge < -0.3 is 5.32 Å². The predicted molar refractivity (Wildman–Crippen MR) is 103 cm³/mol. The van der Waals surface area contributed by atoms with Gasteiger partial charge in [0.1, 0.15) is 10.5 Å². The Kier molecular flexibility index (Phi) is 5.85. The zero-order chi connectivity index (χ0) is 18.5. The van der Waals surface area contributed by atoms with Crippen LogP contribution in [0.15, 0.2) is 58.3 Å². The summed E-state index contributed by atoms with van der Waals surface area (Å²) in [6.45, 7) is 4.10. The molecule has 1 amide bonds. The van der Waals surface area contributed by atoms with Crippen LogP contribution in [-0.4, -0.2) is 21.2 Å². The van der Waals surface area contributed by atoms with Crippen molar-refractivity contribution in [3.05, 3.63) is 70.1 Å². The SMILES string of the molecule is C=CCn1c(SCC(=O)NCc2ccccc2F)nc2ccsc2c1=O. The van der Waals surface area contributed by atoms with Crippen molar-refractivity contribution in [1.82, 2.24) is 14.9 Å². The second-order valence-corrected chi connectivity index (χ2v) is 7.25. The number of allylic oxidation sites excluding steroid dienone is 1. The number of hydrogen-bond acceptors (Lipinski definition) is 5. The molecular weight excluding hydrogens is 373 g/mol. The van der Waals surface area contributed by atoms with Gasteiger partial charge in [0.2, 0.25) is 5.91 Å². The molecule has 2 aromatic heterocycles. The molecular formula is C18H16FN3O2S2. The first-order chi connectivity index (χ1) is 12.6. The van der Waals surface area contributed by atoms with Crippen LogP contribution < -0.4 is 10.9 Å². The van der Waals surface area contributed by atoms with Crippen LogP contribution in [-0.2, 0) is 17.9 Å². The van der Waals surface area contributed by atoms with E-state index in [0.717, 1.165) is 0 Å². The third-order valence-electron chi connectivity index (χ3n) is 3.61. The molecule has 0 atom stereocenters. The molecule has 1 N–H and O–H groups in total. The molecule has 0 fully saturated rings. The van der Waals surface area contributed by atoms with E-state index in [9.17, 15) is 14.0 Å². The smallest absolute Gasteiger partial charge is 0.272 e. The van der Waals surface area contributed by atoms with Gasteiger partial charge >= 0.3 is 0 Å². The molecule has 2 heterocycles. The van der Waals surface area contributed by atoms with Crippen molar-refractivity contribution in [3.63, 3.8) is 0 Å². The molecule has 0 aliphatic heterocycles. The summed E-state index contributed by atoms with van der Waals surface area (Å²) in [6, 6.07) is 8.07. The van der Waals surface area contributed by atoms with Gasteiger partial charge in [-0.15, -0.1) is 17.9 Å². The summed E-state index contributed by atoms with van der Waals surface area (Å²) < 4.78 is 15.7. The van der Waals surface area contributed by atoms with Gasteiger partial charge in [0.15, 0.2) is 5.16 Å². The van der Waals surface area contributed by atoms with Crippen LogP contribution in [0.25, 0.3) is 10.2 Å². The fourth-order valence-corrected chi connectivity index (χ4v) is 3.96. The standard InChI is InChI=1S/C18H16FN3O2S2/c1-2-8-22-17(24)16-14(7-9-25-16)21-18(22)26-11-15(23)20-10-12-5-3-4-6-13(12)19/h2-7,9H,1,8,10-11H2,(H,20,23). The maximum absolute atomic E-state index is 13.6. The largest absolute Gasteiger partial charge is 0.351 e. The molecule has 0 unspecified atom stereocenters. The summed E-state index contributed by atoms with van der Waals surface area (Å²) in [7, 11) is 0. The van der Waals surface area contributed by atoms with Gasteiger partial charge in [-0.3, -0.25) is 14.2 Å². The lowest BCUT2D eigenvalue weighted by Crippen LogP contribution is -2.26. The van der Waals surface area contributed by atoms with E-state index in [1.807, 2.05) is 5.38 Å². The highest BCUT2D eigenvalue weighted by molar-refractivity contribution is 7.99. The minimum atomic E-state index is -0.357. The number of carbonyl (C=O) groups is 1. The van der Waals surface area contributed by atoms with E-state index in [-0.39, 0.29) is 29.6 Å². The number of benzene rings is 1. The molecule has 0 aliphatic carbocycles. The molecule has 26 heavy (non-hydrogen) atoms. The summed E-state index contributed by atoms with van der Waals surface area (Å²) >= 11 is 2.51. The lowest BCUT2D eigenvalue weighted by molar-refractivity contribution is -0.118. The van der Waals surface area contributed by atoms with Gasteiger partial charge in [0, 0.05) is 18.7 Å². The van der Waals surface area contributed by atoms with Crippen molar-refractivity contribution in [3.8, 4) is 0 Å². The zero-order valence-corrected chi connectivity index (χ0v) is 15.4. The summed E-state index contributed by atoms with van der Waals surface area (Å²) in [4.78, 5) is 29.1. The Balaban J connectivity index is 1.69. The Morgan fingerprint density at radius 3 is 2.96 bits per heavy atom. The van der Waals surface area contributed by atoms with Crippen LogP contribution >= 0.6 is 23.1 Å². The van der Waals surface area contributed by atoms with Crippen molar-refractivity contribution < 1.29 is 9.18 Å². The van der Waals surface area contributed by atoms with Gasteiger partial charge in [-0.1, -0.05) is 36.0 Å². The van der Waals surface area contributed by atoms with E-state index in [2.05, 4.69) is 16.9 Å². The number of rotatable bonds is 7. The highest BCUT2D eigenvalue weighted by Crippen LogP contribution is 2.20.